The van der Waals surface area contributed by atoms with E-state index < -0.39 is 18.1 Å². The predicted octanol–water partition coefficient (Wildman–Crippen LogP) is 4.41. The van der Waals surface area contributed by atoms with Crippen LogP contribution in [0.1, 0.15) is 54.4 Å². The first-order chi connectivity index (χ1) is 18.9. The second kappa shape index (κ2) is 15.8. The number of carboxylic acid groups (broad SMARTS) is 1. The van der Waals surface area contributed by atoms with E-state index in [1.807, 2.05) is 60.7 Å². The third kappa shape index (κ3) is 10.5. The number of fused-ring (bicyclic) bond motifs is 1. The molecule has 3 amide bonds. The number of benzene rings is 3. The maximum atomic E-state index is 13.0. The summed E-state index contributed by atoms with van der Waals surface area (Å²) in [6.45, 7) is 0.815. The van der Waals surface area contributed by atoms with Crippen LogP contribution in [0.15, 0.2) is 72.8 Å². The van der Waals surface area contributed by atoms with Crippen LogP contribution in [0.2, 0.25) is 0 Å². The van der Waals surface area contributed by atoms with Crippen LogP contribution in [0.5, 0.6) is 0 Å². The molecule has 39 heavy (non-hydrogen) atoms. The number of nitrogens with one attached hydrogen (secondary N) is 3. The first-order valence-electron chi connectivity index (χ1n) is 13.2. The fourth-order valence-corrected chi connectivity index (χ4v) is 4.02. The molecule has 4 N–H and O–H groups in total. The average Bonchev–Trinajstić information content (AvgIpc) is 2.95. The molecule has 206 valence electrons. The Bertz CT molecular complexity index is 1250. The van der Waals surface area contributed by atoms with Crippen LogP contribution in [0.25, 0.3) is 10.8 Å². The number of carbonyl (C=O) groups is 4. The second-order valence-electron chi connectivity index (χ2n) is 9.21. The summed E-state index contributed by atoms with van der Waals surface area (Å²) in [5, 5.41) is 19.0. The van der Waals surface area contributed by atoms with Crippen LogP contribution in [0.4, 0.5) is 4.79 Å². The number of alkyl carbamates (subject to hydrolysis) is 1. The SMILES string of the molecule is O=C(O)CCCCCNC(=O)[C@H](CCCNC(=O)OCc1ccccc1)NC(=O)c1ccc2ccccc2c1. The van der Waals surface area contributed by atoms with E-state index in [0.717, 1.165) is 16.3 Å². The van der Waals surface area contributed by atoms with Gasteiger partial charge in [-0.3, -0.25) is 14.4 Å². The Morgan fingerprint density at radius 2 is 1.49 bits per heavy atom. The lowest BCUT2D eigenvalue weighted by molar-refractivity contribution is -0.137. The summed E-state index contributed by atoms with van der Waals surface area (Å²) >= 11 is 0. The smallest absolute Gasteiger partial charge is 0.407 e. The Balaban J connectivity index is 1.51. The number of carbonyl (C=O) groups excluding carboxylic acids is 3. The van der Waals surface area contributed by atoms with Crippen molar-refractivity contribution < 1.29 is 29.0 Å². The van der Waals surface area contributed by atoms with Gasteiger partial charge in [0, 0.05) is 25.1 Å². The molecule has 9 heteroatoms. The molecule has 0 aliphatic heterocycles. The zero-order valence-corrected chi connectivity index (χ0v) is 21.9. The molecule has 0 aliphatic rings. The Morgan fingerprint density at radius 1 is 0.769 bits per heavy atom. The third-order valence-corrected chi connectivity index (χ3v) is 6.15. The first-order valence-corrected chi connectivity index (χ1v) is 13.2. The van der Waals surface area contributed by atoms with Gasteiger partial charge in [-0.1, -0.05) is 67.1 Å². The topological polar surface area (TPSA) is 134 Å². The molecule has 3 aromatic carbocycles. The molecular weight excluding hydrogens is 498 g/mol. The van der Waals surface area contributed by atoms with Crippen molar-refractivity contribution in [3.8, 4) is 0 Å². The molecule has 0 heterocycles. The van der Waals surface area contributed by atoms with Crippen molar-refractivity contribution in [2.24, 2.45) is 0 Å². The Kier molecular flexibility index (Phi) is 11.8. The Labute approximate surface area is 227 Å². The summed E-state index contributed by atoms with van der Waals surface area (Å²) in [4.78, 5) is 48.6. The molecule has 0 radical (unpaired) electrons. The molecular formula is C30H35N3O6. The Hall–Kier alpha value is -4.40. The molecule has 3 aromatic rings. The van der Waals surface area contributed by atoms with Crippen LogP contribution >= 0.6 is 0 Å². The van der Waals surface area contributed by atoms with Crippen LogP contribution < -0.4 is 16.0 Å². The van der Waals surface area contributed by atoms with Crippen molar-refractivity contribution in [1.82, 2.24) is 16.0 Å². The minimum atomic E-state index is -0.840. The maximum absolute atomic E-state index is 13.0. The molecule has 0 fully saturated rings. The van der Waals surface area contributed by atoms with E-state index in [1.54, 1.807) is 12.1 Å². The third-order valence-electron chi connectivity index (χ3n) is 6.15. The van der Waals surface area contributed by atoms with Gasteiger partial charge in [0.1, 0.15) is 12.6 Å². The quantitative estimate of drug-likeness (QED) is 0.214. The Morgan fingerprint density at radius 3 is 2.26 bits per heavy atom. The maximum Gasteiger partial charge on any atom is 0.407 e. The zero-order valence-electron chi connectivity index (χ0n) is 21.9. The zero-order chi connectivity index (χ0) is 27.9. The van der Waals surface area contributed by atoms with Gasteiger partial charge >= 0.3 is 12.1 Å². The van der Waals surface area contributed by atoms with E-state index in [2.05, 4.69) is 16.0 Å². The van der Waals surface area contributed by atoms with Gasteiger partial charge in [-0.05, 0) is 54.2 Å². The molecule has 0 spiro atoms. The molecule has 0 unspecified atom stereocenters. The van der Waals surface area contributed by atoms with Gasteiger partial charge < -0.3 is 25.8 Å². The largest absolute Gasteiger partial charge is 0.481 e. The van der Waals surface area contributed by atoms with E-state index in [4.69, 9.17) is 9.84 Å². The monoisotopic (exact) mass is 533 g/mol. The summed E-state index contributed by atoms with van der Waals surface area (Å²) in [6, 6.07) is 21.6. The average molecular weight is 534 g/mol. The van der Waals surface area contributed by atoms with E-state index in [-0.39, 0.29) is 31.4 Å². The molecule has 0 bridgehead atoms. The summed E-state index contributed by atoms with van der Waals surface area (Å²) in [5.74, 6) is -1.53. The van der Waals surface area contributed by atoms with Crippen LogP contribution in [0, 0.1) is 0 Å². The lowest BCUT2D eigenvalue weighted by Crippen LogP contribution is -2.47. The number of aliphatic carboxylic acids is 1. The van der Waals surface area contributed by atoms with Gasteiger partial charge in [0.15, 0.2) is 0 Å². The molecule has 0 aliphatic carbocycles. The van der Waals surface area contributed by atoms with E-state index >= 15 is 0 Å². The molecule has 0 aromatic heterocycles. The second-order valence-corrected chi connectivity index (χ2v) is 9.21. The van der Waals surface area contributed by atoms with E-state index in [0.29, 0.717) is 44.2 Å². The number of hydrogen-bond acceptors (Lipinski definition) is 5. The molecule has 0 saturated carbocycles. The number of rotatable bonds is 15. The summed E-state index contributed by atoms with van der Waals surface area (Å²) in [5.41, 5.74) is 1.33. The number of amides is 3. The number of unbranched alkanes of at least 4 members (excludes halogenated alkanes) is 2. The number of carboxylic acids is 1. The highest BCUT2D eigenvalue weighted by Gasteiger charge is 2.21. The van der Waals surface area contributed by atoms with Crippen molar-refractivity contribution >= 4 is 34.6 Å². The van der Waals surface area contributed by atoms with Crippen molar-refractivity contribution in [2.75, 3.05) is 13.1 Å². The summed E-state index contributed by atoms with van der Waals surface area (Å²) in [7, 11) is 0. The van der Waals surface area contributed by atoms with Crippen LogP contribution in [-0.4, -0.2) is 48.1 Å². The highest BCUT2D eigenvalue weighted by Crippen LogP contribution is 2.16. The number of hydrogen-bond donors (Lipinski definition) is 4. The molecule has 9 nitrogen and oxygen atoms in total. The van der Waals surface area contributed by atoms with Gasteiger partial charge in [0.2, 0.25) is 5.91 Å². The first kappa shape index (κ1) is 29.2. The molecule has 1 atom stereocenters. The minimum absolute atomic E-state index is 0.0964. The fraction of sp³-hybridized carbons (Fsp3) is 0.333. The van der Waals surface area contributed by atoms with Crippen LogP contribution in [-0.2, 0) is 20.9 Å². The predicted molar refractivity (Wildman–Crippen MR) is 148 cm³/mol. The van der Waals surface area contributed by atoms with Gasteiger partial charge in [-0.25, -0.2) is 4.79 Å². The van der Waals surface area contributed by atoms with Crippen molar-refractivity contribution in [2.45, 2.75) is 51.2 Å². The molecule has 3 rings (SSSR count). The molecule has 0 saturated heterocycles. The van der Waals surface area contributed by atoms with Crippen LogP contribution in [0.3, 0.4) is 0 Å². The van der Waals surface area contributed by atoms with Crippen molar-refractivity contribution in [3.05, 3.63) is 83.9 Å². The standard InChI is InChI=1S/C30H35N3O6/c34-27(35)15-5-2-8-18-31-29(37)26(14-9-19-32-30(38)39-21-22-10-3-1-4-11-22)33-28(36)25-17-16-23-12-6-7-13-24(23)20-25/h1,3-4,6-7,10-13,16-17,20,26H,2,5,8-9,14-15,18-19,21H2,(H,31,37)(H,32,38)(H,33,36)(H,34,35)/t26-/m0/s1. The van der Waals surface area contributed by atoms with Crippen molar-refractivity contribution in [3.63, 3.8) is 0 Å². The van der Waals surface area contributed by atoms with Gasteiger partial charge in [0.05, 0.1) is 0 Å². The van der Waals surface area contributed by atoms with Gasteiger partial charge in [0.25, 0.3) is 5.91 Å². The normalized spacial score (nSPS) is 11.4. The van der Waals surface area contributed by atoms with Crippen molar-refractivity contribution in [1.29, 1.82) is 0 Å². The highest BCUT2D eigenvalue weighted by atomic mass is 16.5. The minimum Gasteiger partial charge on any atom is -0.481 e. The van der Waals surface area contributed by atoms with E-state index in [1.165, 1.54) is 0 Å². The highest BCUT2D eigenvalue weighted by molar-refractivity contribution is 6.00. The summed E-state index contributed by atoms with van der Waals surface area (Å²) in [6.07, 6.45) is 2.15. The number of ether oxygens (including phenoxy) is 1. The van der Waals surface area contributed by atoms with Gasteiger partial charge in [-0.15, -0.1) is 0 Å². The summed E-state index contributed by atoms with van der Waals surface area (Å²) < 4.78 is 5.20. The lowest BCUT2D eigenvalue weighted by atomic mass is 10.1. The fourth-order valence-electron chi connectivity index (χ4n) is 4.02. The van der Waals surface area contributed by atoms with E-state index in [9.17, 15) is 19.2 Å². The lowest BCUT2D eigenvalue weighted by Gasteiger charge is -2.19. The van der Waals surface area contributed by atoms with Gasteiger partial charge in [-0.2, -0.15) is 0 Å².